The lowest BCUT2D eigenvalue weighted by Gasteiger charge is -2.09. The van der Waals surface area contributed by atoms with Crippen LogP contribution in [0.15, 0.2) is 35.3 Å². The zero-order valence-electron chi connectivity index (χ0n) is 11.9. The minimum atomic E-state index is -1.09. The molecule has 2 aromatic heterocycles. The number of halogens is 1. The topological polar surface area (TPSA) is 80.9 Å². The van der Waals surface area contributed by atoms with E-state index in [9.17, 15) is 9.59 Å². The summed E-state index contributed by atoms with van der Waals surface area (Å²) in [5, 5.41) is 9.45. The van der Waals surface area contributed by atoms with Crippen molar-refractivity contribution in [3.63, 3.8) is 0 Å². The number of pyridine rings is 1. The molecule has 3 rings (SSSR count). The summed E-state index contributed by atoms with van der Waals surface area (Å²) in [6.45, 7) is 1.78. The molecule has 3 aromatic rings. The summed E-state index contributed by atoms with van der Waals surface area (Å²) in [6.07, 6.45) is 1.28. The highest BCUT2D eigenvalue weighted by Crippen LogP contribution is 2.24. The van der Waals surface area contributed by atoms with Crippen LogP contribution >= 0.6 is 12.4 Å². The number of aromatic nitrogens is 2. The van der Waals surface area contributed by atoms with Gasteiger partial charge in [0.05, 0.1) is 23.6 Å². The first-order valence-electron chi connectivity index (χ1n) is 6.26. The van der Waals surface area contributed by atoms with Gasteiger partial charge in [-0.15, -0.1) is 12.4 Å². The van der Waals surface area contributed by atoms with Crippen LogP contribution in [0.4, 0.5) is 0 Å². The Labute approximate surface area is 131 Å². The van der Waals surface area contributed by atoms with Crippen molar-refractivity contribution in [1.29, 1.82) is 0 Å². The van der Waals surface area contributed by atoms with Crippen LogP contribution < -0.4 is 10.3 Å². The van der Waals surface area contributed by atoms with Gasteiger partial charge in [-0.1, -0.05) is 0 Å². The molecule has 0 saturated carbocycles. The average molecular weight is 321 g/mol. The van der Waals surface area contributed by atoms with Crippen LogP contribution in [-0.4, -0.2) is 27.6 Å². The van der Waals surface area contributed by atoms with E-state index in [2.05, 4.69) is 4.98 Å². The van der Waals surface area contributed by atoms with Crippen molar-refractivity contribution in [2.24, 2.45) is 0 Å². The van der Waals surface area contributed by atoms with Gasteiger partial charge in [-0.3, -0.25) is 9.20 Å². The van der Waals surface area contributed by atoms with Gasteiger partial charge in [-0.2, -0.15) is 0 Å². The Bertz CT molecular complexity index is 950. The molecule has 7 heteroatoms. The molecule has 0 fully saturated rings. The van der Waals surface area contributed by atoms with Crippen molar-refractivity contribution in [3.8, 4) is 5.75 Å². The van der Waals surface area contributed by atoms with Crippen molar-refractivity contribution < 1.29 is 14.6 Å². The van der Waals surface area contributed by atoms with E-state index in [0.29, 0.717) is 27.9 Å². The second-order valence-corrected chi connectivity index (χ2v) is 4.66. The highest BCUT2D eigenvalue weighted by molar-refractivity contribution is 5.89. The van der Waals surface area contributed by atoms with Crippen molar-refractivity contribution in [3.05, 3.63) is 51.9 Å². The van der Waals surface area contributed by atoms with Crippen molar-refractivity contribution >= 4 is 34.9 Å². The number of nitrogens with zero attached hydrogens (tertiary/aromatic N) is 2. The van der Waals surface area contributed by atoms with E-state index in [1.165, 1.54) is 29.8 Å². The molecule has 0 aliphatic carbocycles. The summed E-state index contributed by atoms with van der Waals surface area (Å²) in [5.74, 6) is -0.498. The molecular weight excluding hydrogens is 308 g/mol. The number of carbonyl (C=O) groups is 1. The molecule has 0 saturated heterocycles. The van der Waals surface area contributed by atoms with Crippen molar-refractivity contribution in [2.75, 3.05) is 7.11 Å². The standard InChI is InChI=1S/C15H12N2O4.ClH/c1-8-11(21-2)5-4-10-13(8)14(18)17-7-9(15(19)20)3-6-12(17)16-10;/h3-7H,1-2H3,(H,19,20);1H. The Morgan fingerprint density at radius 2 is 2.00 bits per heavy atom. The quantitative estimate of drug-likeness (QED) is 0.733. The van der Waals surface area contributed by atoms with E-state index in [1.54, 1.807) is 19.1 Å². The molecule has 0 amide bonds. The first-order valence-corrected chi connectivity index (χ1v) is 6.26. The Kier molecular flexibility index (Phi) is 4.05. The number of benzene rings is 1. The summed E-state index contributed by atoms with van der Waals surface area (Å²) >= 11 is 0. The second-order valence-electron chi connectivity index (χ2n) is 4.66. The zero-order chi connectivity index (χ0) is 15.1. The van der Waals surface area contributed by atoms with Crippen molar-refractivity contribution in [2.45, 2.75) is 6.92 Å². The molecule has 0 radical (unpaired) electrons. The minimum Gasteiger partial charge on any atom is -0.496 e. The van der Waals surface area contributed by atoms with Crippen LogP contribution in [-0.2, 0) is 0 Å². The normalized spacial score (nSPS) is 10.5. The highest BCUT2D eigenvalue weighted by atomic mass is 35.5. The average Bonchev–Trinajstić information content (AvgIpc) is 2.47. The van der Waals surface area contributed by atoms with Gasteiger partial charge in [-0.25, -0.2) is 9.78 Å². The molecular formula is C15H13ClN2O4. The van der Waals surface area contributed by atoms with Gasteiger partial charge in [0, 0.05) is 11.8 Å². The zero-order valence-corrected chi connectivity index (χ0v) is 12.7. The van der Waals surface area contributed by atoms with E-state index in [1.807, 2.05) is 0 Å². The molecule has 22 heavy (non-hydrogen) atoms. The predicted molar refractivity (Wildman–Crippen MR) is 84.5 cm³/mol. The van der Waals surface area contributed by atoms with Crippen molar-refractivity contribution in [1.82, 2.24) is 9.38 Å². The summed E-state index contributed by atoms with van der Waals surface area (Å²) in [6, 6.07) is 6.41. The van der Waals surface area contributed by atoms with E-state index < -0.39 is 5.97 Å². The lowest BCUT2D eigenvalue weighted by molar-refractivity contribution is 0.0696. The predicted octanol–water partition coefficient (Wildman–Crippen LogP) is 2.28. The highest BCUT2D eigenvalue weighted by Gasteiger charge is 2.13. The summed E-state index contributed by atoms with van der Waals surface area (Å²) in [4.78, 5) is 28.0. The molecule has 0 atom stereocenters. The van der Waals surface area contributed by atoms with Gasteiger partial charge in [0.1, 0.15) is 11.4 Å². The number of hydrogen-bond donors (Lipinski definition) is 1. The first kappa shape index (κ1) is 15.8. The minimum absolute atomic E-state index is 0. The largest absolute Gasteiger partial charge is 0.496 e. The number of hydrogen-bond acceptors (Lipinski definition) is 4. The summed E-state index contributed by atoms with van der Waals surface area (Å²) < 4.78 is 6.46. The molecule has 0 bridgehead atoms. The maximum Gasteiger partial charge on any atom is 0.337 e. The smallest absolute Gasteiger partial charge is 0.337 e. The second kappa shape index (κ2) is 5.65. The maximum atomic E-state index is 12.6. The first-order chi connectivity index (χ1) is 10.0. The fraction of sp³-hybridized carbons (Fsp3) is 0.133. The van der Waals surface area contributed by atoms with Crippen LogP contribution in [0.1, 0.15) is 15.9 Å². The molecule has 2 heterocycles. The van der Waals surface area contributed by atoms with Crippen LogP contribution in [0.2, 0.25) is 0 Å². The number of aryl methyl sites for hydroxylation is 1. The maximum absolute atomic E-state index is 12.6. The summed E-state index contributed by atoms with van der Waals surface area (Å²) in [5.41, 5.74) is 1.37. The molecule has 0 spiro atoms. The monoisotopic (exact) mass is 320 g/mol. The fourth-order valence-corrected chi connectivity index (χ4v) is 2.38. The van der Waals surface area contributed by atoms with Gasteiger partial charge in [0.25, 0.3) is 5.56 Å². The van der Waals surface area contributed by atoms with Crippen LogP contribution in [0.5, 0.6) is 5.75 Å². The van der Waals surface area contributed by atoms with Crippen LogP contribution in [0, 0.1) is 6.92 Å². The van der Waals surface area contributed by atoms with Gasteiger partial charge in [0.2, 0.25) is 0 Å². The van der Waals surface area contributed by atoms with E-state index in [4.69, 9.17) is 9.84 Å². The molecule has 6 nitrogen and oxygen atoms in total. The number of methoxy groups -OCH3 is 1. The van der Waals surface area contributed by atoms with E-state index in [0.717, 1.165) is 0 Å². The lowest BCUT2D eigenvalue weighted by atomic mass is 10.1. The van der Waals surface area contributed by atoms with Gasteiger partial charge in [-0.05, 0) is 31.2 Å². The third-order valence-electron chi connectivity index (χ3n) is 3.45. The Hall–Kier alpha value is -2.60. The van der Waals surface area contributed by atoms with E-state index in [-0.39, 0.29) is 23.5 Å². The molecule has 1 aromatic carbocycles. The Balaban J connectivity index is 0.00000176. The third-order valence-corrected chi connectivity index (χ3v) is 3.45. The number of carboxylic acids is 1. The SMILES string of the molecule is COc1ccc2nc3ccc(C(=O)O)cn3c(=O)c2c1C.Cl. The number of carboxylic acid groups (broad SMARTS) is 1. The Morgan fingerprint density at radius 1 is 1.27 bits per heavy atom. The molecule has 0 aliphatic rings. The van der Waals surface area contributed by atoms with Gasteiger partial charge < -0.3 is 9.84 Å². The number of rotatable bonds is 2. The Morgan fingerprint density at radius 3 is 2.64 bits per heavy atom. The van der Waals surface area contributed by atoms with Crippen LogP contribution in [0.25, 0.3) is 16.6 Å². The molecule has 1 N–H and O–H groups in total. The number of fused-ring (bicyclic) bond motifs is 2. The number of ether oxygens (including phenoxy) is 1. The lowest BCUT2D eigenvalue weighted by Crippen LogP contribution is -2.17. The van der Waals surface area contributed by atoms with Gasteiger partial charge in [0.15, 0.2) is 0 Å². The summed E-state index contributed by atoms with van der Waals surface area (Å²) in [7, 11) is 1.53. The van der Waals surface area contributed by atoms with Crippen LogP contribution in [0.3, 0.4) is 0 Å². The third kappa shape index (κ3) is 2.27. The fourth-order valence-electron chi connectivity index (χ4n) is 2.38. The van der Waals surface area contributed by atoms with Gasteiger partial charge >= 0.3 is 5.97 Å². The molecule has 0 unspecified atom stereocenters. The number of aromatic carboxylic acids is 1. The molecule has 0 aliphatic heterocycles. The van der Waals surface area contributed by atoms with E-state index >= 15 is 0 Å². The molecule has 114 valence electrons.